The Morgan fingerprint density at radius 3 is 2.47 bits per heavy atom. The average molecular weight is 329 g/mol. The van der Waals surface area contributed by atoms with E-state index in [-0.39, 0.29) is 0 Å². The SMILES string of the molecule is CCCCCCCCOc1c(CBr)cccc1OC. The normalized spacial score (nSPS) is 10.5. The van der Waals surface area contributed by atoms with Crippen LogP contribution < -0.4 is 9.47 Å². The lowest BCUT2D eigenvalue weighted by atomic mass is 10.1. The Balaban J connectivity index is 2.35. The van der Waals surface area contributed by atoms with Gasteiger partial charge in [-0.2, -0.15) is 0 Å². The van der Waals surface area contributed by atoms with E-state index in [4.69, 9.17) is 9.47 Å². The van der Waals surface area contributed by atoms with Crippen molar-refractivity contribution in [1.29, 1.82) is 0 Å². The van der Waals surface area contributed by atoms with E-state index in [1.165, 1.54) is 32.1 Å². The number of hydrogen-bond donors (Lipinski definition) is 0. The molecule has 2 nitrogen and oxygen atoms in total. The number of unbranched alkanes of at least 4 members (excludes halogenated alkanes) is 5. The van der Waals surface area contributed by atoms with Crippen molar-refractivity contribution < 1.29 is 9.47 Å². The molecule has 1 aromatic rings. The van der Waals surface area contributed by atoms with Gasteiger partial charge in [0.05, 0.1) is 13.7 Å². The predicted molar refractivity (Wildman–Crippen MR) is 84.5 cm³/mol. The number of methoxy groups -OCH3 is 1. The highest BCUT2D eigenvalue weighted by molar-refractivity contribution is 9.08. The van der Waals surface area contributed by atoms with E-state index in [1.54, 1.807) is 7.11 Å². The molecule has 19 heavy (non-hydrogen) atoms. The maximum atomic E-state index is 5.90. The van der Waals surface area contributed by atoms with Gasteiger partial charge in [-0.3, -0.25) is 0 Å². The summed E-state index contributed by atoms with van der Waals surface area (Å²) in [4.78, 5) is 0. The van der Waals surface area contributed by atoms with Crippen molar-refractivity contribution in [2.75, 3.05) is 13.7 Å². The van der Waals surface area contributed by atoms with Gasteiger partial charge in [-0.1, -0.05) is 67.1 Å². The zero-order valence-electron chi connectivity index (χ0n) is 12.1. The predicted octanol–water partition coefficient (Wildman–Crippen LogP) is 5.33. The third-order valence-electron chi connectivity index (χ3n) is 3.17. The highest BCUT2D eigenvalue weighted by atomic mass is 79.9. The lowest BCUT2D eigenvalue weighted by Gasteiger charge is -2.13. The number of rotatable bonds is 10. The van der Waals surface area contributed by atoms with Crippen LogP contribution in [0, 0.1) is 0 Å². The molecular formula is C16H25BrO2. The average Bonchev–Trinajstić information content (AvgIpc) is 2.46. The molecule has 0 bridgehead atoms. The summed E-state index contributed by atoms with van der Waals surface area (Å²) in [5, 5.41) is 0.788. The first-order valence-electron chi connectivity index (χ1n) is 7.18. The summed E-state index contributed by atoms with van der Waals surface area (Å²) in [5.41, 5.74) is 1.14. The molecule has 0 radical (unpaired) electrons. The number of ether oxygens (including phenoxy) is 2. The van der Waals surface area contributed by atoms with Crippen LogP contribution >= 0.6 is 15.9 Å². The number of para-hydroxylation sites is 1. The molecule has 0 saturated carbocycles. The molecule has 0 aromatic heterocycles. The van der Waals surface area contributed by atoms with Crippen LogP contribution in [0.1, 0.15) is 51.0 Å². The highest BCUT2D eigenvalue weighted by Crippen LogP contribution is 2.32. The number of alkyl halides is 1. The standard InChI is InChI=1S/C16H25BrO2/c1-3-4-5-6-7-8-12-19-16-14(13-17)10-9-11-15(16)18-2/h9-11H,3-8,12-13H2,1-2H3. The Morgan fingerprint density at radius 1 is 1.05 bits per heavy atom. The summed E-state index contributed by atoms with van der Waals surface area (Å²) in [5.74, 6) is 1.71. The minimum atomic E-state index is 0.770. The Morgan fingerprint density at radius 2 is 1.79 bits per heavy atom. The van der Waals surface area contributed by atoms with Gasteiger partial charge in [0.15, 0.2) is 11.5 Å². The molecular weight excluding hydrogens is 304 g/mol. The zero-order chi connectivity index (χ0) is 13.9. The van der Waals surface area contributed by atoms with Crippen molar-refractivity contribution in [2.24, 2.45) is 0 Å². The van der Waals surface area contributed by atoms with Crippen molar-refractivity contribution in [3.05, 3.63) is 23.8 Å². The molecule has 0 aliphatic carbocycles. The molecule has 0 amide bonds. The molecule has 108 valence electrons. The quantitative estimate of drug-likeness (QED) is 0.427. The van der Waals surface area contributed by atoms with Crippen molar-refractivity contribution in [3.63, 3.8) is 0 Å². The molecule has 1 aromatic carbocycles. The first-order valence-corrected chi connectivity index (χ1v) is 8.30. The van der Waals surface area contributed by atoms with Gasteiger partial charge in [0.25, 0.3) is 0 Å². The van der Waals surface area contributed by atoms with Crippen molar-refractivity contribution in [2.45, 2.75) is 50.8 Å². The second kappa shape index (κ2) is 10.1. The summed E-state index contributed by atoms with van der Waals surface area (Å²) in [6, 6.07) is 6.00. The van der Waals surface area contributed by atoms with Crippen LogP contribution in [-0.2, 0) is 5.33 Å². The topological polar surface area (TPSA) is 18.5 Å². The molecule has 0 unspecified atom stereocenters. The maximum Gasteiger partial charge on any atom is 0.165 e. The zero-order valence-corrected chi connectivity index (χ0v) is 13.7. The van der Waals surface area contributed by atoms with Gasteiger partial charge in [-0.05, 0) is 12.5 Å². The molecule has 3 heteroatoms. The Hall–Kier alpha value is -0.700. The van der Waals surface area contributed by atoms with E-state index < -0.39 is 0 Å². The molecule has 0 aliphatic heterocycles. The van der Waals surface area contributed by atoms with Crippen LogP contribution in [0.3, 0.4) is 0 Å². The fourth-order valence-electron chi connectivity index (χ4n) is 2.05. The van der Waals surface area contributed by atoms with Crippen LogP contribution in [0.15, 0.2) is 18.2 Å². The lowest BCUT2D eigenvalue weighted by Crippen LogP contribution is -2.01. The van der Waals surface area contributed by atoms with E-state index in [2.05, 4.69) is 28.9 Å². The number of benzene rings is 1. The fraction of sp³-hybridized carbons (Fsp3) is 0.625. The molecule has 0 N–H and O–H groups in total. The summed E-state index contributed by atoms with van der Waals surface area (Å²) in [6.07, 6.45) is 7.67. The second-order valence-electron chi connectivity index (χ2n) is 4.70. The fourth-order valence-corrected chi connectivity index (χ4v) is 2.49. The van der Waals surface area contributed by atoms with Crippen LogP contribution in [-0.4, -0.2) is 13.7 Å². The minimum Gasteiger partial charge on any atom is -0.493 e. The van der Waals surface area contributed by atoms with Crippen LogP contribution in [0.4, 0.5) is 0 Å². The molecule has 0 atom stereocenters. The Bertz CT molecular complexity index is 330. The number of halogens is 1. The molecule has 0 heterocycles. The van der Waals surface area contributed by atoms with Crippen molar-refractivity contribution in [3.8, 4) is 11.5 Å². The van der Waals surface area contributed by atoms with Gasteiger partial charge in [0, 0.05) is 10.9 Å². The molecule has 0 spiro atoms. The lowest BCUT2D eigenvalue weighted by molar-refractivity contribution is 0.282. The van der Waals surface area contributed by atoms with Crippen LogP contribution in [0.2, 0.25) is 0 Å². The van der Waals surface area contributed by atoms with Gasteiger partial charge in [-0.25, -0.2) is 0 Å². The monoisotopic (exact) mass is 328 g/mol. The summed E-state index contributed by atoms with van der Waals surface area (Å²) in [6.45, 7) is 3.01. The van der Waals surface area contributed by atoms with Gasteiger partial charge in [0.1, 0.15) is 0 Å². The third-order valence-corrected chi connectivity index (χ3v) is 3.77. The third kappa shape index (κ3) is 5.85. The van der Waals surface area contributed by atoms with Crippen molar-refractivity contribution in [1.82, 2.24) is 0 Å². The van der Waals surface area contributed by atoms with Gasteiger partial charge >= 0.3 is 0 Å². The molecule has 1 rings (SSSR count). The van der Waals surface area contributed by atoms with Crippen molar-refractivity contribution >= 4 is 15.9 Å². The van der Waals surface area contributed by atoms with E-state index >= 15 is 0 Å². The summed E-state index contributed by atoms with van der Waals surface area (Å²) in [7, 11) is 1.69. The largest absolute Gasteiger partial charge is 0.493 e. The minimum absolute atomic E-state index is 0.770. The first-order chi connectivity index (χ1) is 9.33. The van der Waals surface area contributed by atoms with Gasteiger partial charge in [-0.15, -0.1) is 0 Å². The highest BCUT2D eigenvalue weighted by Gasteiger charge is 2.09. The van der Waals surface area contributed by atoms with E-state index in [1.807, 2.05) is 12.1 Å². The molecule has 0 aliphatic rings. The van der Waals surface area contributed by atoms with E-state index in [9.17, 15) is 0 Å². The Kier molecular flexibility index (Phi) is 8.72. The smallest absolute Gasteiger partial charge is 0.165 e. The van der Waals surface area contributed by atoms with Crippen LogP contribution in [0.25, 0.3) is 0 Å². The van der Waals surface area contributed by atoms with Gasteiger partial charge < -0.3 is 9.47 Å². The summed E-state index contributed by atoms with van der Waals surface area (Å²) >= 11 is 3.49. The second-order valence-corrected chi connectivity index (χ2v) is 5.26. The maximum absolute atomic E-state index is 5.90. The van der Waals surface area contributed by atoms with Gasteiger partial charge in [0.2, 0.25) is 0 Å². The van der Waals surface area contributed by atoms with Crippen LogP contribution in [0.5, 0.6) is 11.5 Å². The first kappa shape index (κ1) is 16.4. The molecule has 0 saturated heterocycles. The number of hydrogen-bond acceptors (Lipinski definition) is 2. The summed E-state index contributed by atoms with van der Waals surface area (Å²) < 4.78 is 11.3. The van der Waals surface area contributed by atoms with E-state index in [0.717, 1.165) is 35.4 Å². The van der Waals surface area contributed by atoms with E-state index in [0.29, 0.717) is 0 Å². The molecule has 0 fully saturated rings. The Labute approximate surface area is 125 Å².